The van der Waals surface area contributed by atoms with Crippen molar-refractivity contribution >= 4 is 0 Å². The van der Waals surface area contributed by atoms with Crippen LogP contribution in [0.1, 0.15) is 29.2 Å². The average molecular weight is 206 g/mol. The fourth-order valence-corrected chi connectivity index (χ4v) is 2.13. The highest BCUT2D eigenvalue weighted by Crippen LogP contribution is 2.30. The van der Waals surface area contributed by atoms with E-state index in [1.807, 2.05) is 6.92 Å². The number of benzene rings is 1. The number of ether oxygens (including phenoxy) is 1. The monoisotopic (exact) mass is 206 g/mol. The molecule has 2 nitrogen and oxygen atoms in total. The molecule has 1 aliphatic rings. The van der Waals surface area contributed by atoms with Crippen LogP contribution in [0.5, 0.6) is 0 Å². The van der Waals surface area contributed by atoms with Crippen molar-refractivity contribution in [3.05, 3.63) is 34.9 Å². The van der Waals surface area contributed by atoms with Gasteiger partial charge in [-0.25, -0.2) is 0 Å². The van der Waals surface area contributed by atoms with Crippen molar-refractivity contribution in [2.45, 2.75) is 26.4 Å². The number of aryl methyl sites for hydroxylation is 2. The zero-order valence-corrected chi connectivity index (χ0v) is 9.36. The van der Waals surface area contributed by atoms with Crippen LogP contribution >= 0.6 is 0 Å². The summed E-state index contributed by atoms with van der Waals surface area (Å²) in [5, 5.41) is 10.2. The molecule has 0 saturated carbocycles. The van der Waals surface area contributed by atoms with Crippen LogP contribution in [-0.2, 0) is 4.74 Å². The van der Waals surface area contributed by atoms with Crippen LogP contribution in [0.3, 0.4) is 0 Å². The molecule has 0 bridgehead atoms. The number of aliphatic hydroxyl groups excluding tert-OH is 1. The van der Waals surface area contributed by atoms with E-state index in [1.165, 1.54) is 11.1 Å². The van der Waals surface area contributed by atoms with E-state index in [1.54, 1.807) is 0 Å². The molecule has 15 heavy (non-hydrogen) atoms. The summed E-state index contributed by atoms with van der Waals surface area (Å²) in [5.41, 5.74) is 3.43. The van der Waals surface area contributed by atoms with Gasteiger partial charge in [0.2, 0.25) is 0 Å². The van der Waals surface area contributed by atoms with Crippen molar-refractivity contribution in [2.24, 2.45) is 5.92 Å². The number of hydrogen-bond donors (Lipinski definition) is 1. The number of rotatable bonds is 2. The van der Waals surface area contributed by atoms with E-state index < -0.39 is 0 Å². The van der Waals surface area contributed by atoms with Gasteiger partial charge in [0.05, 0.1) is 12.7 Å². The van der Waals surface area contributed by atoms with Crippen molar-refractivity contribution in [2.75, 3.05) is 13.2 Å². The maximum Gasteiger partial charge on any atom is 0.0843 e. The first-order chi connectivity index (χ1) is 7.18. The normalized spacial score (nSPS) is 23.0. The van der Waals surface area contributed by atoms with E-state index in [9.17, 15) is 5.11 Å². The molecule has 1 fully saturated rings. The van der Waals surface area contributed by atoms with E-state index in [-0.39, 0.29) is 12.0 Å². The van der Waals surface area contributed by atoms with Gasteiger partial charge >= 0.3 is 0 Å². The molecule has 2 heteroatoms. The molecular weight excluding hydrogens is 188 g/mol. The molecule has 1 N–H and O–H groups in total. The van der Waals surface area contributed by atoms with Gasteiger partial charge in [0, 0.05) is 12.5 Å². The zero-order chi connectivity index (χ0) is 10.8. The van der Waals surface area contributed by atoms with Crippen molar-refractivity contribution in [1.29, 1.82) is 0 Å². The molecule has 1 saturated heterocycles. The Morgan fingerprint density at radius 3 is 2.87 bits per heavy atom. The summed E-state index contributed by atoms with van der Waals surface area (Å²) in [6, 6.07) is 6.23. The van der Waals surface area contributed by atoms with E-state index in [0.29, 0.717) is 6.61 Å². The van der Waals surface area contributed by atoms with Crippen molar-refractivity contribution in [3.8, 4) is 0 Å². The van der Waals surface area contributed by atoms with E-state index in [4.69, 9.17) is 4.74 Å². The number of aliphatic hydroxyl groups is 1. The molecule has 1 aromatic carbocycles. The highest BCUT2D eigenvalue weighted by Gasteiger charge is 2.26. The molecule has 2 rings (SSSR count). The van der Waals surface area contributed by atoms with Crippen LogP contribution < -0.4 is 0 Å². The fraction of sp³-hybridized carbons (Fsp3) is 0.538. The second-order valence-corrected chi connectivity index (χ2v) is 4.43. The van der Waals surface area contributed by atoms with Crippen LogP contribution in [-0.4, -0.2) is 18.3 Å². The SMILES string of the molecule is Cc1ccc(C)c(C(O)C2CCOC2)c1. The van der Waals surface area contributed by atoms with Crippen LogP contribution in [0, 0.1) is 19.8 Å². The van der Waals surface area contributed by atoms with E-state index in [2.05, 4.69) is 25.1 Å². The summed E-state index contributed by atoms with van der Waals surface area (Å²) >= 11 is 0. The molecule has 0 radical (unpaired) electrons. The average Bonchev–Trinajstić information content (AvgIpc) is 2.74. The molecule has 0 aliphatic carbocycles. The smallest absolute Gasteiger partial charge is 0.0843 e. The fourth-order valence-electron chi connectivity index (χ4n) is 2.13. The van der Waals surface area contributed by atoms with Gasteiger partial charge in [0.15, 0.2) is 0 Å². The maximum atomic E-state index is 10.2. The minimum absolute atomic E-state index is 0.269. The lowest BCUT2D eigenvalue weighted by molar-refractivity contribution is 0.0913. The summed E-state index contributed by atoms with van der Waals surface area (Å²) in [7, 11) is 0. The highest BCUT2D eigenvalue weighted by atomic mass is 16.5. The molecule has 0 aromatic heterocycles. The Kier molecular flexibility index (Phi) is 3.08. The Labute approximate surface area is 90.9 Å². The summed E-state index contributed by atoms with van der Waals surface area (Å²) in [6.45, 7) is 5.58. The lowest BCUT2D eigenvalue weighted by Crippen LogP contribution is -2.13. The Morgan fingerprint density at radius 1 is 1.40 bits per heavy atom. The molecule has 82 valence electrons. The Bertz CT molecular complexity index is 340. The molecule has 1 aromatic rings. The summed E-state index contributed by atoms with van der Waals surface area (Å²) < 4.78 is 5.31. The number of hydrogen-bond acceptors (Lipinski definition) is 2. The third-order valence-corrected chi connectivity index (χ3v) is 3.16. The predicted octanol–water partition coefficient (Wildman–Crippen LogP) is 2.37. The van der Waals surface area contributed by atoms with Gasteiger partial charge in [-0.05, 0) is 31.4 Å². The molecule has 2 unspecified atom stereocenters. The summed E-state index contributed by atoms with van der Waals surface area (Å²) in [6.07, 6.45) is 0.599. The van der Waals surface area contributed by atoms with Crippen molar-refractivity contribution in [1.82, 2.24) is 0 Å². The second kappa shape index (κ2) is 4.33. The molecule has 1 heterocycles. The largest absolute Gasteiger partial charge is 0.388 e. The topological polar surface area (TPSA) is 29.5 Å². The first kappa shape index (κ1) is 10.7. The molecule has 2 atom stereocenters. The van der Waals surface area contributed by atoms with Gasteiger partial charge in [0.1, 0.15) is 0 Å². The zero-order valence-electron chi connectivity index (χ0n) is 9.36. The molecular formula is C13H18O2. The summed E-state index contributed by atoms with van der Waals surface area (Å²) in [4.78, 5) is 0. The maximum absolute atomic E-state index is 10.2. The molecule has 1 aliphatic heterocycles. The van der Waals surface area contributed by atoms with Crippen molar-refractivity contribution in [3.63, 3.8) is 0 Å². The van der Waals surface area contributed by atoms with Crippen LogP contribution in [0.25, 0.3) is 0 Å². The van der Waals surface area contributed by atoms with E-state index >= 15 is 0 Å². The van der Waals surface area contributed by atoms with Crippen LogP contribution in [0.15, 0.2) is 18.2 Å². The van der Waals surface area contributed by atoms with Gasteiger partial charge in [0.25, 0.3) is 0 Å². The third kappa shape index (κ3) is 2.21. The van der Waals surface area contributed by atoms with Gasteiger partial charge in [-0.3, -0.25) is 0 Å². The Balaban J connectivity index is 2.23. The summed E-state index contributed by atoms with van der Waals surface area (Å²) in [5.74, 6) is 0.269. The first-order valence-electron chi connectivity index (χ1n) is 5.51. The molecule has 0 amide bonds. The standard InChI is InChI=1S/C13H18O2/c1-9-3-4-10(2)12(7-9)13(14)11-5-6-15-8-11/h3-4,7,11,13-14H,5-6,8H2,1-2H3. The van der Waals surface area contributed by atoms with E-state index in [0.717, 1.165) is 18.6 Å². The lowest BCUT2D eigenvalue weighted by Gasteiger charge is -2.19. The third-order valence-electron chi connectivity index (χ3n) is 3.16. The van der Waals surface area contributed by atoms with Gasteiger partial charge in [-0.1, -0.05) is 23.8 Å². The highest BCUT2D eigenvalue weighted by molar-refractivity contribution is 5.32. The van der Waals surface area contributed by atoms with Gasteiger partial charge in [-0.15, -0.1) is 0 Å². The van der Waals surface area contributed by atoms with Gasteiger partial charge in [-0.2, -0.15) is 0 Å². The Morgan fingerprint density at radius 2 is 2.20 bits per heavy atom. The van der Waals surface area contributed by atoms with Gasteiger partial charge < -0.3 is 9.84 Å². The van der Waals surface area contributed by atoms with Crippen LogP contribution in [0.4, 0.5) is 0 Å². The second-order valence-electron chi connectivity index (χ2n) is 4.43. The lowest BCUT2D eigenvalue weighted by atomic mass is 9.91. The predicted molar refractivity (Wildman–Crippen MR) is 59.8 cm³/mol. The minimum atomic E-state index is -0.368. The quantitative estimate of drug-likeness (QED) is 0.805. The minimum Gasteiger partial charge on any atom is -0.388 e. The first-order valence-corrected chi connectivity index (χ1v) is 5.51. The Hall–Kier alpha value is -0.860. The molecule has 0 spiro atoms. The van der Waals surface area contributed by atoms with Crippen molar-refractivity contribution < 1.29 is 9.84 Å². The van der Waals surface area contributed by atoms with Crippen LogP contribution in [0.2, 0.25) is 0 Å².